The highest BCUT2D eigenvalue weighted by Crippen LogP contribution is 2.44. The molecule has 152 valence electrons. The van der Waals surface area contributed by atoms with Crippen LogP contribution < -0.4 is 19.6 Å². The highest BCUT2D eigenvalue weighted by Gasteiger charge is 2.19. The van der Waals surface area contributed by atoms with Crippen LogP contribution in [0.1, 0.15) is 0 Å². The van der Waals surface area contributed by atoms with E-state index >= 15 is 0 Å². The van der Waals surface area contributed by atoms with Crippen molar-refractivity contribution in [1.29, 1.82) is 0 Å². The molecule has 4 aromatic rings. The predicted octanol–water partition coefficient (Wildman–Crippen LogP) is 4.86. The van der Waals surface area contributed by atoms with Gasteiger partial charge in [-0.15, -0.1) is 0 Å². The van der Waals surface area contributed by atoms with Crippen LogP contribution in [0.4, 0.5) is 0 Å². The monoisotopic (exact) mass is 404 g/mol. The second-order valence-corrected chi connectivity index (χ2v) is 6.62. The van der Waals surface area contributed by atoms with Crippen molar-refractivity contribution in [3.8, 4) is 45.4 Å². The van der Waals surface area contributed by atoms with E-state index in [1.54, 1.807) is 25.3 Å². The molecule has 0 fully saturated rings. The first-order chi connectivity index (χ1) is 14.5. The highest BCUT2D eigenvalue weighted by atomic mass is 16.5. The summed E-state index contributed by atoms with van der Waals surface area (Å²) >= 11 is 0. The number of aromatic hydroxyl groups is 1. The van der Waals surface area contributed by atoms with Crippen molar-refractivity contribution in [2.75, 3.05) is 21.3 Å². The Morgan fingerprint density at radius 1 is 0.800 bits per heavy atom. The van der Waals surface area contributed by atoms with Gasteiger partial charge in [-0.25, -0.2) is 0 Å². The summed E-state index contributed by atoms with van der Waals surface area (Å²) in [6.45, 7) is 0. The van der Waals surface area contributed by atoms with Crippen molar-refractivity contribution in [1.82, 2.24) is 0 Å². The molecule has 6 nitrogen and oxygen atoms in total. The first kappa shape index (κ1) is 19.4. The molecule has 0 amide bonds. The maximum Gasteiger partial charge on any atom is 0.197 e. The van der Waals surface area contributed by atoms with E-state index in [0.717, 1.165) is 5.56 Å². The number of benzene rings is 3. The van der Waals surface area contributed by atoms with Crippen LogP contribution in [0.2, 0.25) is 0 Å². The Morgan fingerprint density at radius 2 is 1.47 bits per heavy atom. The summed E-state index contributed by atoms with van der Waals surface area (Å²) in [5.74, 6) is 1.78. The van der Waals surface area contributed by atoms with Gasteiger partial charge in [0.1, 0.15) is 39.7 Å². The van der Waals surface area contributed by atoms with Gasteiger partial charge in [-0.2, -0.15) is 0 Å². The molecule has 1 aromatic heterocycles. The Hall–Kier alpha value is -3.93. The van der Waals surface area contributed by atoms with Gasteiger partial charge in [0.15, 0.2) is 5.43 Å². The van der Waals surface area contributed by atoms with Crippen LogP contribution >= 0.6 is 0 Å². The van der Waals surface area contributed by atoms with Crippen LogP contribution in [-0.2, 0) is 0 Å². The Labute approximate surface area is 172 Å². The summed E-state index contributed by atoms with van der Waals surface area (Å²) in [6, 6.07) is 17.3. The smallest absolute Gasteiger partial charge is 0.197 e. The quantitative estimate of drug-likeness (QED) is 0.512. The van der Waals surface area contributed by atoms with Gasteiger partial charge < -0.3 is 23.7 Å². The zero-order valence-electron chi connectivity index (χ0n) is 16.8. The Bertz CT molecular complexity index is 1250. The minimum absolute atomic E-state index is 0.116. The van der Waals surface area contributed by atoms with Crippen LogP contribution in [0.3, 0.4) is 0 Å². The number of rotatable bonds is 5. The van der Waals surface area contributed by atoms with Crippen LogP contribution in [0.5, 0.6) is 23.0 Å². The average Bonchev–Trinajstić information content (AvgIpc) is 2.77. The molecular formula is C24H20O6. The lowest BCUT2D eigenvalue weighted by Crippen LogP contribution is -2.01. The number of hydrogen-bond acceptors (Lipinski definition) is 6. The van der Waals surface area contributed by atoms with Crippen molar-refractivity contribution in [2.45, 2.75) is 0 Å². The molecule has 0 spiro atoms. The van der Waals surface area contributed by atoms with Crippen LogP contribution in [0, 0.1) is 0 Å². The lowest BCUT2D eigenvalue weighted by atomic mass is 10.0. The van der Waals surface area contributed by atoms with E-state index in [-0.39, 0.29) is 22.1 Å². The number of phenolic OH excluding ortho intramolecular Hbond substituents is 1. The van der Waals surface area contributed by atoms with E-state index in [9.17, 15) is 9.90 Å². The molecule has 0 bridgehead atoms. The largest absolute Gasteiger partial charge is 0.507 e. The normalized spacial score (nSPS) is 10.8. The molecule has 0 aliphatic heterocycles. The van der Waals surface area contributed by atoms with Crippen molar-refractivity contribution >= 4 is 11.0 Å². The van der Waals surface area contributed by atoms with Crippen molar-refractivity contribution in [3.63, 3.8) is 0 Å². The van der Waals surface area contributed by atoms with Crippen LogP contribution in [0.25, 0.3) is 33.4 Å². The number of fused-ring (bicyclic) bond motifs is 1. The van der Waals surface area contributed by atoms with Gasteiger partial charge in [-0.3, -0.25) is 4.79 Å². The first-order valence-electron chi connectivity index (χ1n) is 9.22. The van der Waals surface area contributed by atoms with E-state index in [1.165, 1.54) is 26.4 Å². The summed E-state index contributed by atoms with van der Waals surface area (Å²) in [7, 11) is 4.62. The Balaban J connectivity index is 1.99. The lowest BCUT2D eigenvalue weighted by Gasteiger charge is -2.16. The number of phenols is 1. The summed E-state index contributed by atoms with van der Waals surface area (Å²) < 4.78 is 22.3. The van der Waals surface area contributed by atoms with Crippen molar-refractivity contribution in [3.05, 3.63) is 70.9 Å². The standard InChI is InChI=1S/C24H20O6/c1-27-16-11-20(28-2)23(21(12-16)29-3)15-9-17(25)24-18(26)13-19(30-22(24)10-15)14-7-5-4-6-8-14/h4-13,25H,1-3H3. The molecule has 0 saturated carbocycles. The fraction of sp³-hybridized carbons (Fsp3) is 0.125. The van der Waals surface area contributed by atoms with Gasteiger partial charge in [0, 0.05) is 23.8 Å². The summed E-state index contributed by atoms with van der Waals surface area (Å²) in [5.41, 5.74) is 1.88. The van der Waals surface area contributed by atoms with E-state index in [1.807, 2.05) is 30.3 Å². The lowest BCUT2D eigenvalue weighted by molar-refractivity contribution is 0.377. The Morgan fingerprint density at radius 3 is 2.07 bits per heavy atom. The van der Waals surface area contributed by atoms with Gasteiger partial charge in [-0.05, 0) is 17.7 Å². The number of methoxy groups -OCH3 is 3. The molecule has 0 aliphatic carbocycles. The average molecular weight is 404 g/mol. The second-order valence-electron chi connectivity index (χ2n) is 6.62. The van der Waals surface area contributed by atoms with E-state index < -0.39 is 0 Å². The Kier molecular flexibility index (Phi) is 5.06. The van der Waals surface area contributed by atoms with Crippen LogP contribution in [-0.4, -0.2) is 26.4 Å². The highest BCUT2D eigenvalue weighted by molar-refractivity contribution is 5.91. The fourth-order valence-corrected chi connectivity index (χ4v) is 3.45. The zero-order chi connectivity index (χ0) is 21.3. The van der Waals surface area contributed by atoms with Gasteiger partial charge in [-0.1, -0.05) is 30.3 Å². The molecule has 6 heteroatoms. The first-order valence-corrected chi connectivity index (χ1v) is 9.22. The molecular weight excluding hydrogens is 384 g/mol. The summed E-state index contributed by atoms with van der Waals surface area (Å²) in [5, 5.41) is 10.7. The third-order valence-corrected chi connectivity index (χ3v) is 4.87. The van der Waals surface area contributed by atoms with E-state index in [0.29, 0.717) is 34.1 Å². The molecule has 0 unspecified atom stereocenters. The maximum absolute atomic E-state index is 12.7. The van der Waals surface area contributed by atoms with Gasteiger partial charge >= 0.3 is 0 Å². The summed E-state index contributed by atoms with van der Waals surface area (Å²) in [6.07, 6.45) is 0. The molecule has 0 radical (unpaired) electrons. The zero-order valence-corrected chi connectivity index (χ0v) is 16.8. The fourth-order valence-electron chi connectivity index (χ4n) is 3.45. The summed E-state index contributed by atoms with van der Waals surface area (Å²) in [4.78, 5) is 12.7. The molecule has 30 heavy (non-hydrogen) atoms. The predicted molar refractivity (Wildman–Crippen MR) is 115 cm³/mol. The van der Waals surface area contributed by atoms with E-state index in [4.69, 9.17) is 18.6 Å². The molecule has 1 N–H and O–H groups in total. The minimum Gasteiger partial charge on any atom is -0.507 e. The topological polar surface area (TPSA) is 78.1 Å². The number of ether oxygens (including phenoxy) is 3. The molecule has 0 aliphatic rings. The molecule has 4 rings (SSSR count). The van der Waals surface area contributed by atoms with Crippen molar-refractivity contribution in [2.24, 2.45) is 0 Å². The van der Waals surface area contributed by atoms with Gasteiger partial charge in [0.25, 0.3) is 0 Å². The SMILES string of the molecule is COc1cc(OC)c(-c2cc(O)c3c(=O)cc(-c4ccccc4)oc3c2)c(OC)c1. The molecule has 3 aromatic carbocycles. The number of hydrogen-bond donors (Lipinski definition) is 1. The third-order valence-electron chi connectivity index (χ3n) is 4.87. The van der Waals surface area contributed by atoms with Crippen LogP contribution in [0.15, 0.2) is 69.9 Å². The van der Waals surface area contributed by atoms with Gasteiger partial charge in [0.2, 0.25) is 0 Å². The molecule has 1 heterocycles. The molecule has 0 saturated heterocycles. The molecule has 0 atom stereocenters. The minimum atomic E-state index is -0.326. The van der Waals surface area contributed by atoms with E-state index in [2.05, 4.69) is 0 Å². The maximum atomic E-state index is 12.7. The van der Waals surface area contributed by atoms with Crippen molar-refractivity contribution < 1.29 is 23.7 Å². The second kappa shape index (κ2) is 7.83. The third kappa shape index (κ3) is 3.33. The van der Waals surface area contributed by atoms with Gasteiger partial charge in [0.05, 0.1) is 26.9 Å².